The lowest BCUT2D eigenvalue weighted by molar-refractivity contribution is -0.401. The number of allylic oxidation sites excluding steroid dienone is 6. The van der Waals surface area contributed by atoms with E-state index in [4.69, 9.17) is 0 Å². The maximum Gasteiger partial charge on any atom is 0.209 e. The number of fused-ring (bicyclic) bond motifs is 2. The molecule has 15 nitrogen and oxygen atoms in total. The van der Waals surface area contributed by atoms with Crippen molar-refractivity contribution < 1.29 is 9.37 Å². The Bertz CT molecular complexity index is 2700. The van der Waals surface area contributed by atoms with Crippen molar-refractivity contribution in [3.63, 3.8) is 0 Å². The predicted octanol–water partition coefficient (Wildman–Crippen LogP) is 8.80. The molecule has 2 aliphatic rings. The summed E-state index contributed by atoms with van der Waals surface area (Å²) in [5.74, 6) is 0.196. The molecular formula is C53H69N14O+. The largest absolute Gasteiger partial charge is 0.344 e. The molecule has 4 aromatic heterocycles. The van der Waals surface area contributed by atoms with Crippen molar-refractivity contribution in [3.05, 3.63) is 143 Å². The summed E-state index contributed by atoms with van der Waals surface area (Å²) in [7, 11) is 2.16. The molecule has 2 aliphatic heterocycles. The van der Waals surface area contributed by atoms with Gasteiger partial charge in [-0.25, -0.2) is 0 Å². The molecule has 0 fully saturated rings. The molecule has 2 aromatic carbocycles. The van der Waals surface area contributed by atoms with E-state index in [1.807, 2.05) is 64.3 Å². The fourth-order valence-electron chi connectivity index (χ4n) is 10.3. The summed E-state index contributed by atoms with van der Waals surface area (Å²) in [6, 6.07) is 17.4. The Kier molecular flexibility index (Phi) is 14.6. The molecule has 0 unspecified atom stereocenters. The third-order valence-corrected chi connectivity index (χ3v) is 14.2. The van der Waals surface area contributed by atoms with E-state index >= 15 is 0 Å². The maximum atomic E-state index is 13.3. The highest BCUT2D eigenvalue weighted by Gasteiger charge is 2.43. The Hall–Kier alpha value is -6.64. The second kappa shape index (κ2) is 20.7. The van der Waals surface area contributed by atoms with Crippen LogP contribution in [0.1, 0.15) is 113 Å². The highest BCUT2D eigenvalue weighted by atomic mass is 16.1. The average molecular weight is 918 g/mol. The number of benzene rings is 2. The molecule has 8 rings (SSSR count). The van der Waals surface area contributed by atoms with Crippen LogP contribution >= 0.6 is 0 Å². The number of carbonyl (C=O) groups is 1. The normalized spacial score (nSPS) is 16.0. The number of aryl methyl sites for hydroxylation is 7. The van der Waals surface area contributed by atoms with E-state index in [9.17, 15) is 4.79 Å². The summed E-state index contributed by atoms with van der Waals surface area (Å²) in [5.41, 5.74) is 10.9. The lowest BCUT2D eigenvalue weighted by Gasteiger charge is -2.34. The second-order valence-corrected chi connectivity index (χ2v) is 20.0. The molecule has 0 spiro atoms. The van der Waals surface area contributed by atoms with Gasteiger partial charge >= 0.3 is 0 Å². The van der Waals surface area contributed by atoms with Gasteiger partial charge in [0.1, 0.15) is 12.8 Å². The second-order valence-electron chi connectivity index (χ2n) is 20.0. The zero-order valence-corrected chi connectivity index (χ0v) is 41.4. The van der Waals surface area contributed by atoms with Crippen LogP contribution in [0.3, 0.4) is 0 Å². The van der Waals surface area contributed by atoms with E-state index in [-0.39, 0.29) is 28.4 Å². The molecule has 15 heteroatoms. The lowest BCUT2D eigenvalue weighted by atomic mass is 9.75. The molecule has 0 aliphatic carbocycles. The first-order valence-electron chi connectivity index (χ1n) is 24.3. The number of carbonyl (C=O) groups excluding carboxylic acids is 1. The van der Waals surface area contributed by atoms with Crippen LogP contribution in [0.4, 0.5) is 11.4 Å². The first-order chi connectivity index (χ1) is 32.7. The van der Waals surface area contributed by atoms with Gasteiger partial charge in [0, 0.05) is 98.4 Å². The third kappa shape index (κ3) is 11.0. The molecule has 0 atom stereocenters. The van der Waals surface area contributed by atoms with Crippen molar-refractivity contribution in [1.29, 1.82) is 0 Å². The van der Waals surface area contributed by atoms with Crippen molar-refractivity contribution in [2.24, 2.45) is 5.41 Å². The minimum absolute atomic E-state index is 0.0560. The van der Waals surface area contributed by atoms with Gasteiger partial charge in [-0.15, -0.1) is 20.4 Å². The number of Topliss-reactive ketones (excluding diaryl/α,β-unsaturated/α-hetero) is 1. The third-order valence-electron chi connectivity index (χ3n) is 14.2. The SMILES string of the molecule is Cc1cn(CCC(CCn2cc(C)nn2)(CCn2cc(C)nn2)CCn2cc(CC(=O)CCCCCN3C(=CC=CC=CC4=[N+](C)c5ccccc5C4(C)C)C(C)(C)c4ccccc43)nn2)nn1. The summed E-state index contributed by atoms with van der Waals surface area (Å²) < 4.78 is 9.99. The van der Waals surface area contributed by atoms with Crippen molar-refractivity contribution in [3.8, 4) is 0 Å². The van der Waals surface area contributed by atoms with Gasteiger partial charge in [-0.2, -0.15) is 4.58 Å². The number of aromatic nitrogens is 12. The molecule has 68 heavy (non-hydrogen) atoms. The highest BCUT2D eigenvalue weighted by Crippen LogP contribution is 2.48. The standard InChI is InChI=1S/C53H69N14O/c1-40-36-63(58-54-40)31-26-53(27-32-64-37-41(2)55-59-64,28-33-65-38-42(3)56-60-65)29-34-66-39-43(57-61-66)35-44(68)19-11-10-18-30-67-48-23-17-15-21-46(48)52(6,7)50(67)25-13-9-12-24-49-51(4,5)45-20-14-16-22-47(45)62(49)8/h9,12-17,20-25,36-39H,10-11,18-19,26-35H2,1-8H3/q+1. The number of anilines is 1. The van der Waals surface area contributed by atoms with Gasteiger partial charge in [0.2, 0.25) is 5.69 Å². The number of nitrogens with zero attached hydrogens (tertiary/aromatic N) is 14. The van der Waals surface area contributed by atoms with Crippen molar-refractivity contribution in [1.82, 2.24) is 60.0 Å². The molecule has 0 bridgehead atoms. The first-order valence-corrected chi connectivity index (χ1v) is 24.3. The van der Waals surface area contributed by atoms with Crippen LogP contribution in [0.2, 0.25) is 0 Å². The van der Waals surface area contributed by atoms with Gasteiger partial charge in [0.15, 0.2) is 5.71 Å². The number of unbranched alkanes of at least 4 members (excludes halogenated alkanes) is 2. The van der Waals surface area contributed by atoms with Crippen LogP contribution in [-0.4, -0.2) is 89.6 Å². The van der Waals surface area contributed by atoms with E-state index < -0.39 is 0 Å². The molecule has 6 aromatic rings. The number of hydrogen-bond acceptors (Lipinski definition) is 10. The quantitative estimate of drug-likeness (QED) is 0.0347. The zero-order chi connectivity index (χ0) is 47.9. The summed E-state index contributed by atoms with van der Waals surface area (Å²) in [4.78, 5) is 15.8. The van der Waals surface area contributed by atoms with Crippen LogP contribution in [0, 0.1) is 26.2 Å². The zero-order valence-electron chi connectivity index (χ0n) is 41.4. The van der Waals surface area contributed by atoms with Crippen molar-refractivity contribution >= 4 is 22.9 Å². The molecule has 0 N–H and O–H groups in total. The Morgan fingerprint density at radius 2 is 1.16 bits per heavy atom. The fraction of sp³-hybridized carbons (Fsp3) is 0.472. The number of para-hydroxylation sites is 2. The van der Waals surface area contributed by atoms with Crippen molar-refractivity contribution in [2.75, 3.05) is 18.5 Å². The summed E-state index contributed by atoms with van der Waals surface area (Å²) in [6.45, 7) is 18.9. The molecule has 0 saturated heterocycles. The van der Waals surface area contributed by atoms with E-state index in [2.05, 4.69) is 164 Å². The smallest absolute Gasteiger partial charge is 0.209 e. The van der Waals surface area contributed by atoms with E-state index in [0.29, 0.717) is 18.7 Å². The molecule has 0 radical (unpaired) electrons. The van der Waals surface area contributed by atoms with Crippen LogP contribution in [0.5, 0.6) is 0 Å². The average Bonchev–Trinajstić information content (AvgIpc) is 4.19. The number of hydrogen-bond donors (Lipinski definition) is 0. The van der Waals surface area contributed by atoms with Crippen LogP contribution in [0.25, 0.3) is 0 Å². The Balaban J connectivity index is 0.852. The Labute approximate surface area is 401 Å². The molecule has 356 valence electrons. The topological polar surface area (TPSA) is 146 Å². The number of rotatable bonds is 23. The van der Waals surface area contributed by atoms with Gasteiger partial charge in [-0.05, 0) is 96.3 Å². The van der Waals surface area contributed by atoms with E-state index in [0.717, 1.165) is 88.2 Å². The Morgan fingerprint density at radius 1 is 0.618 bits per heavy atom. The van der Waals surface area contributed by atoms with Crippen LogP contribution < -0.4 is 4.90 Å². The van der Waals surface area contributed by atoms with Gasteiger partial charge in [-0.3, -0.25) is 23.5 Å². The monoisotopic (exact) mass is 918 g/mol. The first kappa shape index (κ1) is 47.8. The molecule has 0 saturated carbocycles. The maximum absolute atomic E-state index is 13.3. The fourth-order valence-corrected chi connectivity index (χ4v) is 10.3. The van der Waals surface area contributed by atoms with Crippen LogP contribution in [0.15, 0.2) is 109 Å². The minimum Gasteiger partial charge on any atom is -0.344 e. The summed E-state index contributed by atoms with van der Waals surface area (Å²) >= 11 is 0. The van der Waals surface area contributed by atoms with E-state index in [1.54, 1.807) is 0 Å². The minimum atomic E-state index is -0.130. The molecule has 6 heterocycles. The molecule has 0 amide bonds. The van der Waals surface area contributed by atoms with E-state index in [1.165, 1.54) is 33.9 Å². The summed E-state index contributed by atoms with van der Waals surface area (Å²) in [5, 5.41) is 34.7. The van der Waals surface area contributed by atoms with Crippen LogP contribution in [-0.2, 0) is 48.2 Å². The lowest BCUT2D eigenvalue weighted by Crippen LogP contribution is -2.29. The van der Waals surface area contributed by atoms with Crippen molar-refractivity contribution in [2.45, 2.75) is 143 Å². The van der Waals surface area contributed by atoms with Gasteiger partial charge in [-0.1, -0.05) is 95.7 Å². The van der Waals surface area contributed by atoms with Gasteiger partial charge in [0.25, 0.3) is 0 Å². The molecular weight excluding hydrogens is 849 g/mol. The highest BCUT2D eigenvalue weighted by molar-refractivity contribution is 6.03. The van der Waals surface area contributed by atoms with Gasteiger partial charge < -0.3 is 4.90 Å². The predicted molar refractivity (Wildman–Crippen MR) is 266 cm³/mol. The van der Waals surface area contributed by atoms with Gasteiger partial charge in [0.05, 0.1) is 34.6 Å². The summed E-state index contributed by atoms with van der Waals surface area (Å²) in [6.07, 6.45) is 26.0. The Morgan fingerprint density at radius 3 is 1.74 bits per heavy atom. The number of ketones is 1.